The Kier molecular flexibility index (Phi) is 5.34. The maximum atomic E-state index is 10.1. The maximum absolute atomic E-state index is 10.1. The number of methoxy groups -OCH3 is 2. The first-order valence-corrected chi connectivity index (χ1v) is 7.10. The minimum Gasteiger partial charge on any atom is -0.507 e. The lowest BCUT2D eigenvalue weighted by Crippen LogP contribution is -2.44. The molecule has 5 nitrogen and oxygen atoms in total. The Morgan fingerprint density at radius 2 is 2.00 bits per heavy atom. The van der Waals surface area contributed by atoms with Crippen LogP contribution in [0.2, 0.25) is 5.02 Å². The van der Waals surface area contributed by atoms with E-state index in [0.29, 0.717) is 28.5 Å². The minimum atomic E-state index is 0.155. The van der Waals surface area contributed by atoms with Crippen LogP contribution >= 0.6 is 11.6 Å². The first-order chi connectivity index (χ1) is 9.67. The summed E-state index contributed by atoms with van der Waals surface area (Å²) in [6.45, 7) is 4.92. The molecule has 0 bridgehead atoms. The van der Waals surface area contributed by atoms with Crippen molar-refractivity contribution in [3.8, 4) is 17.2 Å². The summed E-state index contributed by atoms with van der Waals surface area (Å²) in [6.07, 6.45) is 0.686. The number of phenols is 1. The number of piperazine rings is 1. The number of hydrogen-bond donors (Lipinski definition) is 2. The summed E-state index contributed by atoms with van der Waals surface area (Å²) in [6, 6.07) is 1.55. The lowest BCUT2D eigenvalue weighted by atomic mass is 10.1. The SMILES string of the molecule is COc1cc(O)c(CCN2CCNCC2)c(Cl)c1OC. The van der Waals surface area contributed by atoms with E-state index in [4.69, 9.17) is 21.1 Å². The van der Waals surface area contributed by atoms with Crippen LogP contribution in [0.15, 0.2) is 6.07 Å². The molecule has 1 fully saturated rings. The van der Waals surface area contributed by atoms with Crippen LogP contribution in [-0.2, 0) is 6.42 Å². The van der Waals surface area contributed by atoms with Crippen LogP contribution in [-0.4, -0.2) is 56.9 Å². The van der Waals surface area contributed by atoms with Gasteiger partial charge in [-0.3, -0.25) is 0 Å². The van der Waals surface area contributed by atoms with E-state index in [1.165, 1.54) is 7.11 Å². The smallest absolute Gasteiger partial charge is 0.179 e. The predicted molar refractivity (Wildman–Crippen MR) is 79.2 cm³/mol. The second-order valence-corrected chi connectivity index (χ2v) is 5.14. The molecule has 112 valence electrons. The molecule has 6 heteroatoms. The van der Waals surface area contributed by atoms with Gasteiger partial charge in [-0.2, -0.15) is 0 Å². The molecule has 0 atom stereocenters. The topological polar surface area (TPSA) is 54.0 Å². The second kappa shape index (κ2) is 7.02. The Labute approximate surface area is 124 Å². The normalized spacial score (nSPS) is 16.1. The first-order valence-electron chi connectivity index (χ1n) is 6.72. The average Bonchev–Trinajstić information content (AvgIpc) is 2.47. The molecule has 0 unspecified atom stereocenters. The van der Waals surface area contributed by atoms with E-state index in [9.17, 15) is 5.11 Å². The average molecular weight is 301 g/mol. The zero-order chi connectivity index (χ0) is 14.5. The van der Waals surface area contributed by atoms with Crippen LogP contribution in [0.25, 0.3) is 0 Å². The number of nitrogens with zero attached hydrogens (tertiary/aromatic N) is 1. The highest BCUT2D eigenvalue weighted by molar-refractivity contribution is 6.33. The molecule has 1 aromatic rings. The molecule has 0 saturated carbocycles. The van der Waals surface area contributed by atoms with Crippen LogP contribution in [0.5, 0.6) is 17.2 Å². The summed E-state index contributed by atoms with van der Waals surface area (Å²) < 4.78 is 10.4. The Balaban J connectivity index is 2.14. The van der Waals surface area contributed by atoms with E-state index in [-0.39, 0.29) is 5.75 Å². The standard InChI is InChI=1S/C14H21ClN2O3/c1-19-12-9-11(18)10(13(15)14(12)20-2)3-6-17-7-4-16-5-8-17/h9,16,18H,3-8H2,1-2H3. The molecule has 1 aliphatic rings. The minimum absolute atomic E-state index is 0.155. The molecular formula is C14H21ClN2O3. The second-order valence-electron chi connectivity index (χ2n) is 4.77. The fourth-order valence-electron chi connectivity index (χ4n) is 2.42. The van der Waals surface area contributed by atoms with Gasteiger partial charge in [0.2, 0.25) is 0 Å². The first kappa shape index (κ1) is 15.2. The number of aromatic hydroxyl groups is 1. The van der Waals surface area contributed by atoms with Gasteiger partial charge in [0.25, 0.3) is 0 Å². The fraction of sp³-hybridized carbons (Fsp3) is 0.571. The Hall–Kier alpha value is -1.17. The van der Waals surface area contributed by atoms with Gasteiger partial charge in [0.15, 0.2) is 11.5 Å². The largest absolute Gasteiger partial charge is 0.507 e. The molecule has 0 aliphatic carbocycles. The molecule has 2 rings (SSSR count). The third-order valence-electron chi connectivity index (χ3n) is 3.58. The van der Waals surface area contributed by atoms with Gasteiger partial charge < -0.3 is 24.8 Å². The van der Waals surface area contributed by atoms with E-state index in [1.807, 2.05) is 0 Å². The molecule has 2 N–H and O–H groups in total. The highest BCUT2D eigenvalue weighted by atomic mass is 35.5. The summed E-state index contributed by atoms with van der Waals surface area (Å²) in [5, 5.41) is 13.8. The van der Waals surface area contributed by atoms with E-state index in [2.05, 4.69) is 10.2 Å². The van der Waals surface area contributed by atoms with E-state index < -0.39 is 0 Å². The lowest BCUT2D eigenvalue weighted by molar-refractivity contribution is 0.243. The van der Waals surface area contributed by atoms with Gasteiger partial charge >= 0.3 is 0 Å². The van der Waals surface area contributed by atoms with Gasteiger partial charge in [0.05, 0.1) is 19.2 Å². The van der Waals surface area contributed by atoms with Crippen molar-refractivity contribution in [2.45, 2.75) is 6.42 Å². The van der Waals surface area contributed by atoms with Crippen molar-refractivity contribution in [1.82, 2.24) is 10.2 Å². The highest BCUT2D eigenvalue weighted by Crippen LogP contribution is 2.42. The maximum Gasteiger partial charge on any atom is 0.179 e. The molecule has 0 aromatic heterocycles. The summed E-state index contributed by atoms with van der Waals surface area (Å²) in [7, 11) is 3.06. The molecule has 1 saturated heterocycles. The number of rotatable bonds is 5. The van der Waals surface area contributed by atoms with Crippen LogP contribution in [0.4, 0.5) is 0 Å². The highest BCUT2D eigenvalue weighted by Gasteiger charge is 2.19. The van der Waals surface area contributed by atoms with Crippen molar-refractivity contribution in [2.75, 3.05) is 46.9 Å². The number of ether oxygens (including phenoxy) is 2. The quantitative estimate of drug-likeness (QED) is 0.863. The Bertz CT molecular complexity index is 462. The summed E-state index contributed by atoms with van der Waals surface area (Å²) in [4.78, 5) is 2.35. The van der Waals surface area contributed by atoms with Crippen LogP contribution in [0, 0.1) is 0 Å². The van der Waals surface area contributed by atoms with Crippen LogP contribution in [0.1, 0.15) is 5.56 Å². The molecule has 1 aromatic carbocycles. The molecule has 1 aliphatic heterocycles. The monoisotopic (exact) mass is 300 g/mol. The van der Waals surface area contributed by atoms with Gasteiger partial charge in [-0.25, -0.2) is 0 Å². The van der Waals surface area contributed by atoms with Gasteiger partial charge in [0.1, 0.15) is 5.75 Å². The summed E-state index contributed by atoms with van der Waals surface area (Å²) in [5.74, 6) is 1.07. The lowest BCUT2D eigenvalue weighted by Gasteiger charge is -2.27. The van der Waals surface area contributed by atoms with Crippen molar-refractivity contribution < 1.29 is 14.6 Å². The van der Waals surface area contributed by atoms with Crippen molar-refractivity contribution in [1.29, 1.82) is 0 Å². The van der Waals surface area contributed by atoms with E-state index in [1.54, 1.807) is 13.2 Å². The van der Waals surface area contributed by atoms with Crippen molar-refractivity contribution in [2.24, 2.45) is 0 Å². The molecule has 1 heterocycles. The number of halogens is 1. The van der Waals surface area contributed by atoms with Gasteiger partial charge in [-0.15, -0.1) is 0 Å². The summed E-state index contributed by atoms with van der Waals surface area (Å²) in [5.41, 5.74) is 0.711. The fourth-order valence-corrected chi connectivity index (χ4v) is 2.78. The summed E-state index contributed by atoms with van der Waals surface area (Å²) >= 11 is 6.32. The third kappa shape index (κ3) is 3.29. The number of hydrogen-bond acceptors (Lipinski definition) is 5. The molecule has 20 heavy (non-hydrogen) atoms. The van der Waals surface area contributed by atoms with E-state index in [0.717, 1.165) is 32.7 Å². The molecule has 0 spiro atoms. The van der Waals surface area contributed by atoms with Gasteiger partial charge in [-0.05, 0) is 6.42 Å². The zero-order valence-electron chi connectivity index (χ0n) is 11.9. The number of benzene rings is 1. The Morgan fingerprint density at radius 3 is 2.60 bits per heavy atom. The van der Waals surface area contributed by atoms with Gasteiger partial charge in [-0.1, -0.05) is 11.6 Å². The van der Waals surface area contributed by atoms with Crippen LogP contribution < -0.4 is 14.8 Å². The predicted octanol–water partition coefficient (Wildman–Crippen LogP) is 1.51. The van der Waals surface area contributed by atoms with Crippen molar-refractivity contribution >= 4 is 11.6 Å². The van der Waals surface area contributed by atoms with Crippen molar-refractivity contribution in [3.05, 3.63) is 16.7 Å². The zero-order valence-corrected chi connectivity index (χ0v) is 12.7. The van der Waals surface area contributed by atoms with Gasteiger partial charge in [0, 0.05) is 44.4 Å². The Morgan fingerprint density at radius 1 is 1.30 bits per heavy atom. The van der Waals surface area contributed by atoms with Crippen molar-refractivity contribution in [3.63, 3.8) is 0 Å². The van der Waals surface area contributed by atoms with Crippen LogP contribution in [0.3, 0.4) is 0 Å². The van der Waals surface area contributed by atoms with E-state index >= 15 is 0 Å². The number of nitrogens with one attached hydrogen (secondary N) is 1. The molecular weight excluding hydrogens is 280 g/mol. The number of phenolic OH excluding ortho intramolecular Hbond substituents is 1. The third-order valence-corrected chi connectivity index (χ3v) is 3.98. The molecule has 0 amide bonds. The molecule has 0 radical (unpaired) electrons.